The quantitative estimate of drug-likeness (QED) is 0.895. The lowest BCUT2D eigenvalue weighted by Gasteiger charge is -2.26. The van der Waals surface area contributed by atoms with Crippen LogP contribution in [0, 0.1) is 5.92 Å². The molecule has 1 aliphatic carbocycles. The maximum absolute atomic E-state index is 5.93. The highest BCUT2D eigenvalue weighted by atomic mass is 16.3. The second-order valence-electron chi connectivity index (χ2n) is 5.60. The molecule has 3 rings (SSSR count). The third kappa shape index (κ3) is 3.20. The second kappa shape index (κ2) is 6.09. The van der Waals surface area contributed by atoms with Gasteiger partial charge in [0, 0.05) is 23.8 Å². The van der Waals surface area contributed by atoms with Crippen molar-refractivity contribution in [3.05, 3.63) is 36.9 Å². The van der Waals surface area contributed by atoms with Crippen LogP contribution in [0.5, 0.6) is 0 Å². The van der Waals surface area contributed by atoms with Gasteiger partial charge in [0.2, 0.25) is 0 Å². The molecule has 1 aliphatic rings. The zero-order valence-electron chi connectivity index (χ0n) is 11.6. The predicted molar refractivity (Wildman–Crippen MR) is 80.4 cm³/mol. The Morgan fingerprint density at radius 1 is 1.15 bits per heavy atom. The number of oxazole rings is 1. The van der Waals surface area contributed by atoms with Gasteiger partial charge in [-0.1, -0.05) is 0 Å². The summed E-state index contributed by atoms with van der Waals surface area (Å²) in [4.78, 5) is 3.93. The van der Waals surface area contributed by atoms with Crippen LogP contribution >= 0.6 is 0 Å². The van der Waals surface area contributed by atoms with Crippen molar-refractivity contribution in [1.29, 1.82) is 0 Å². The molecule has 0 unspecified atom stereocenters. The molecule has 0 atom stereocenters. The minimum Gasteiger partial charge on any atom is -0.444 e. The Morgan fingerprint density at radius 2 is 1.90 bits per heavy atom. The van der Waals surface area contributed by atoms with Gasteiger partial charge in [-0.25, -0.2) is 4.98 Å². The number of nitrogens with two attached hydrogens (primary N) is 1. The number of nitrogens with one attached hydrogen (secondary N) is 1. The fourth-order valence-corrected chi connectivity index (χ4v) is 2.77. The number of rotatable bonds is 4. The minimum absolute atomic E-state index is 0.424. The first kappa shape index (κ1) is 13.2. The third-order valence-electron chi connectivity index (χ3n) is 4.09. The SMILES string of the molecule is N[C@H]1CC[C@H](CNc2ccc(-c3cnco3)cc2)CC1. The minimum atomic E-state index is 0.424. The van der Waals surface area contributed by atoms with E-state index < -0.39 is 0 Å². The zero-order valence-corrected chi connectivity index (χ0v) is 11.6. The normalized spacial score (nSPS) is 22.6. The van der Waals surface area contributed by atoms with Gasteiger partial charge >= 0.3 is 0 Å². The number of benzene rings is 1. The van der Waals surface area contributed by atoms with Crippen molar-refractivity contribution in [1.82, 2.24) is 4.98 Å². The molecule has 0 bridgehead atoms. The lowest BCUT2D eigenvalue weighted by Crippen LogP contribution is -2.29. The monoisotopic (exact) mass is 271 g/mol. The fourth-order valence-electron chi connectivity index (χ4n) is 2.77. The van der Waals surface area contributed by atoms with Crippen molar-refractivity contribution in [2.75, 3.05) is 11.9 Å². The molecular weight excluding hydrogens is 250 g/mol. The first-order valence-corrected chi connectivity index (χ1v) is 7.29. The molecule has 4 nitrogen and oxygen atoms in total. The number of aromatic nitrogens is 1. The fraction of sp³-hybridized carbons (Fsp3) is 0.438. The summed E-state index contributed by atoms with van der Waals surface area (Å²) in [5, 5.41) is 3.51. The van der Waals surface area contributed by atoms with Crippen LogP contribution in [0.4, 0.5) is 5.69 Å². The highest BCUT2D eigenvalue weighted by Crippen LogP contribution is 2.24. The molecule has 0 amide bonds. The van der Waals surface area contributed by atoms with Crippen molar-refractivity contribution in [2.24, 2.45) is 11.7 Å². The van der Waals surface area contributed by atoms with E-state index in [1.165, 1.54) is 19.2 Å². The van der Waals surface area contributed by atoms with Crippen LogP contribution in [0.25, 0.3) is 11.3 Å². The van der Waals surface area contributed by atoms with Gasteiger partial charge in [-0.05, 0) is 55.9 Å². The molecule has 1 saturated carbocycles. The molecule has 3 N–H and O–H groups in total. The smallest absolute Gasteiger partial charge is 0.181 e. The second-order valence-corrected chi connectivity index (χ2v) is 5.60. The summed E-state index contributed by atoms with van der Waals surface area (Å²) in [5.74, 6) is 1.56. The van der Waals surface area contributed by atoms with E-state index in [9.17, 15) is 0 Å². The van der Waals surface area contributed by atoms with Crippen molar-refractivity contribution in [3.63, 3.8) is 0 Å². The van der Waals surface area contributed by atoms with Crippen LogP contribution in [0.2, 0.25) is 0 Å². The van der Waals surface area contributed by atoms with Crippen LogP contribution in [0.3, 0.4) is 0 Å². The summed E-state index contributed by atoms with van der Waals surface area (Å²) in [6.45, 7) is 1.04. The van der Waals surface area contributed by atoms with E-state index in [1.54, 1.807) is 6.20 Å². The molecule has 2 aromatic rings. The maximum atomic E-state index is 5.93. The maximum Gasteiger partial charge on any atom is 0.181 e. The topological polar surface area (TPSA) is 64.1 Å². The Kier molecular flexibility index (Phi) is 4.02. The Hall–Kier alpha value is -1.81. The number of hydrogen-bond acceptors (Lipinski definition) is 4. The molecule has 4 heteroatoms. The van der Waals surface area contributed by atoms with Crippen LogP contribution in [0.1, 0.15) is 25.7 Å². The van der Waals surface area contributed by atoms with Crippen molar-refractivity contribution < 1.29 is 4.42 Å². The molecule has 106 valence electrons. The number of hydrogen-bond donors (Lipinski definition) is 2. The third-order valence-corrected chi connectivity index (χ3v) is 4.09. The molecule has 1 aromatic heterocycles. The molecule has 1 heterocycles. The zero-order chi connectivity index (χ0) is 13.8. The van der Waals surface area contributed by atoms with E-state index in [-0.39, 0.29) is 0 Å². The largest absolute Gasteiger partial charge is 0.444 e. The van der Waals surface area contributed by atoms with Crippen LogP contribution in [0.15, 0.2) is 41.3 Å². The van der Waals surface area contributed by atoms with Gasteiger partial charge in [0.15, 0.2) is 12.2 Å². The summed E-state index contributed by atoms with van der Waals surface area (Å²) >= 11 is 0. The molecular formula is C16H21N3O. The number of nitrogens with zero attached hydrogens (tertiary/aromatic N) is 1. The average molecular weight is 271 g/mol. The van der Waals surface area contributed by atoms with E-state index in [1.807, 2.05) is 0 Å². The van der Waals surface area contributed by atoms with Gasteiger partial charge in [-0.15, -0.1) is 0 Å². The molecule has 20 heavy (non-hydrogen) atoms. The molecule has 0 saturated heterocycles. The predicted octanol–water partition coefficient (Wildman–Crippen LogP) is 3.27. The highest BCUT2D eigenvalue weighted by molar-refractivity contribution is 5.60. The van der Waals surface area contributed by atoms with Crippen LogP contribution < -0.4 is 11.1 Å². The molecule has 1 fully saturated rings. The number of anilines is 1. The Bertz CT molecular complexity index is 513. The van der Waals surface area contributed by atoms with Crippen molar-refractivity contribution in [2.45, 2.75) is 31.7 Å². The Balaban J connectivity index is 1.53. The highest BCUT2D eigenvalue weighted by Gasteiger charge is 2.17. The van der Waals surface area contributed by atoms with E-state index >= 15 is 0 Å². The van der Waals surface area contributed by atoms with E-state index in [2.05, 4.69) is 34.6 Å². The standard InChI is InChI=1S/C16H21N3O/c17-14-5-1-12(2-6-14)9-19-15-7-3-13(4-8-15)16-10-18-11-20-16/h3-4,7-8,10-12,14,19H,1-2,5-6,9,17H2/t12-,14-. The molecule has 0 aliphatic heterocycles. The van der Waals surface area contributed by atoms with E-state index in [4.69, 9.17) is 10.2 Å². The molecule has 1 aromatic carbocycles. The van der Waals surface area contributed by atoms with Gasteiger partial charge in [-0.3, -0.25) is 0 Å². The van der Waals surface area contributed by atoms with Gasteiger partial charge in [0.25, 0.3) is 0 Å². The molecule has 0 radical (unpaired) electrons. The van der Waals surface area contributed by atoms with E-state index in [0.717, 1.165) is 42.3 Å². The van der Waals surface area contributed by atoms with Gasteiger partial charge in [0.1, 0.15) is 0 Å². The van der Waals surface area contributed by atoms with Gasteiger partial charge < -0.3 is 15.5 Å². The van der Waals surface area contributed by atoms with Crippen molar-refractivity contribution >= 4 is 5.69 Å². The Morgan fingerprint density at radius 3 is 2.55 bits per heavy atom. The summed E-state index contributed by atoms with van der Waals surface area (Å²) in [6, 6.07) is 8.71. The van der Waals surface area contributed by atoms with Crippen LogP contribution in [-0.4, -0.2) is 17.6 Å². The summed E-state index contributed by atoms with van der Waals surface area (Å²) in [7, 11) is 0. The Labute approximate surface area is 119 Å². The molecule has 0 spiro atoms. The van der Waals surface area contributed by atoms with Crippen LogP contribution in [-0.2, 0) is 0 Å². The van der Waals surface area contributed by atoms with E-state index in [0.29, 0.717) is 6.04 Å². The lowest BCUT2D eigenvalue weighted by atomic mass is 9.86. The van der Waals surface area contributed by atoms with Gasteiger partial charge in [-0.2, -0.15) is 0 Å². The first-order chi connectivity index (χ1) is 9.81. The lowest BCUT2D eigenvalue weighted by molar-refractivity contribution is 0.339. The average Bonchev–Trinajstić information content (AvgIpc) is 3.01. The van der Waals surface area contributed by atoms with Gasteiger partial charge in [0.05, 0.1) is 6.20 Å². The summed E-state index contributed by atoms with van der Waals surface area (Å²) in [6.07, 6.45) is 7.99. The summed E-state index contributed by atoms with van der Waals surface area (Å²) < 4.78 is 5.28. The first-order valence-electron chi connectivity index (χ1n) is 7.29. The summed E-state index contributed by atoms with van der Waals surface area (Å²) in [5.41, 5.74) is 8.14. The van der Waals surface area contributed by atoms with Crippen molar-refractivity contribution in [3.8, 4) is 11.3 Å².